The van der Waals surface area contributed by atoms with Crippen molar-refractivity contribution in [1.82, 2.24) is 16.0 Å². The third-order valence-electron chi connectivity index (χ3n) is 1.94. The maximum Gasteiger partial charge on any atom is 0.314 e. The van der Waals surface area contributed by atoms with Crippen LogP contribution in [0.3, 0.4) is 0 Å². The van der Waals surface area contributed by atoms with Gasteiger partial charge in [0.1, 0.15) is 0 Å². The Morgan fingerprint density at radius 2 is 1.67 bits per heavy atom. The smallest absolute Gasteiger partial charge is 0.314 e. The summed E-state index contributed by atoms with van der Waals surface area (Å²) < 4.78 is 0. The Kier molecular flexibility index (Phi) is 8.34. The first kappa shape index (κ1) is 16.2. The van der Waals surface area contributed by atoms with E-state index in [2.05, 4.69) is 16.0 Å². The lowest BCUT2D eigenvalue weighted by atomic mass is 10.3. The van der Waals surface area contributed by atoms with Crippen LogP contribution in [-0.4, -0.2) is 42.1 Å². The van der Waals surface area contributed by atoms with Gasteiger partial charge in [0.05, 0.1) is 0 Å². The molecule has 0 bridgehead atoms. The minimum atomic E-state index is -0.887. The molecule has 7 heteroatoms. The molecular formula is C11H21N3O4. The Morgan fingerprint density at radius 1 is 1.06 bits per heavy atom. The fourth-order valence-electron chi connectivity index (χ4n) is 1.19. The molecule has 7 nitrogen and oxygen atoms in total. The van der Waals surface area contributed by atoms with Gasteiger partial charge < -0.3 is 21.1 Å². The van der Waals surface area contributed by atoms with E-state index in [1.165, 1.54) is 0 Å². The second-order valence-electron chi connectivity index (χ2n) is 4.15. The van der Waals surface area contributed by atoms with Gasteiger partial charge in [-0.25, -0.2) is 4.79 Å². The number of urea groups is 1. The minimum Gasteiger partial charge on any atom is -0.481 e. The summed E-state index contributed by atoms with van der Waals surface area (Å²) in [7, 11) is 0. The average Bonchev–Trinajstić information content (AvgIpc) is 2.23. The molecule has 4 N–H and O–H groups in total. The molecule has 0 fully saturated rings. The molecule has 0 spiro atoms. The van der Waals surface area contributed by atoms with Crippen molar-refractivity contribution in [1.29, 1.82) is 0 Å². The fourth-order valence-corrected chi connectivity index (χ4v) is 1.19. The van der Waals surface area contributed by atoms with E-state index in [-0.39, 0.29) is 31.3 Å². The number of carboxylic acid groups (broad SMARTS) is 1. The van der Waals surface area contributed by atoms with Crippen molar-refractivity contribution >= 4 is 17.9 Å². The van der Waals surface area contributed by atoms with Crippen LogP contribution in [0.4, 0.5) is 4.79 Å². The zero-order valence-electron chi connectivity index (χ0n) is 10.8. The maximum atomic E-state index is 11.2. The number of carbonyl (C=O) groups excluding carboxylic acids is 2. The molecule has 0 aromatic rings. The Bertz CT molecular complexity index is 292. The van der Waals surface area contributed by atoms with Crippen LogP contribution in [0.1, 0.15) is 33.1 Å². The highest BCUT2D eigenvalue weighted by atomic mass is 16.4. The first-order chi connectivity index (χ1) is 8.41. The molecule has 0 heterocycles. The Balaban J connectivity index is 3.47. The van der Waals surface area contributed by atoms with E-state index in [0.717, 1.165) is 0 Å². The van der Waals surface area contributed by atoms with Gasteiger partial charge in [-0.1, -0.05) is 0 Å². The highest BCUT2D eigenvalue weighted by Gasteiger charge is 2.04. The van der Waals surface area contributed by atoms with Crippen LogP contribution < -0.4 is 16.0 Å². The monoisotopic (exact) mass is 259 g/mol. The van der Waals surface area contributed by atoms with Crippen molar-refractivity contribution in [3.8, 4) is 0 Å². The molecular weight excluding hydrogens is 238 g/mol. The fraction of sp³-hybridized carbons (Fsp3) is 0.727. The summed E-state index contributed by atoms with van der Waals surface area (Å²) in [4.78, 5) is 32.6. The number of carboxylic acids is 1. The molecule has 0 aromatic carbocycles. The van der Waals surface area contributed by atoms with Gasteiger partial charge in [-0.05, 0) is 20.3 Å². The maximum absolute atomic E-state index is 11.2. The molecule has 0 atom stereocenters. The summed E-state index contributed by atoms with van der Waals surface area (Å²) in [5.74, 6) is -1.00. The van der Waals surface area contributed by atoms with Gasteiger partial charge in [-0.15, -0.1) is 0 Å². The van der Waals surface area contributed by atoms with Crippen molar-refractivity contribution < 1.29 is 19.5 Å². The van der Waals surface area contributed by atoms with Crippen LogP contribution in [0.25, 0.3) is 0 Å². The quantitative estimate of drug-likeness (QED) is 0.462. The van der Waals surface area contributed by atoms with E-state index in [1.807, 2.05) is 13.8 Å². The van der Waals surface area contributed by atoms with E-state index < -0.39 is 12.0 Å². The molecule has 0 rings (SSSR count). The lowest BCUT2D eigenvalue weighted by molar-refractivity contribution is -0.137. The molecule has 0 aromatic heterocycles. The zero-order chi connectivity index (χ0) is 14.0. The van der Waals surface area contributed by atoms with Crippen LogP contribution in [0, 0.1) is 0 Å². The third-order valence-corrected chi connectivity index (χ3v) is 1.94. The number of hydrogen-bond donors (Lipinski definition) is 4. The number of aliphatic carboxylic acids is 1. The van der Waals surface area contributed by atoms with E-state index in [0.29, 0.717) is 13.0 Å². The van der Waals surface area contributed by atoms with Crippen molar-refractivity contribution in [2.45, 2.75) is 39.2 Å². The van der Waals surface area contributed by atoms with E-state index in [1.54, 1.807) is 0 Å². The van der Waals surface area contributed by atoms with Gasteiger partial charge in [0.15, 0.2) is 0 Å². The molecule has 3 amide bonds. The lowest BCUT2D eigenvalue weighted by Crippen LogP contribution is -2.39. The van der Waals surface area contributed by atoms with Gasteiger partial charge in [0.2, 0.25) is 5.91 Å². The molecule has 0 unspecified atom stereocenters. The molecule has 0 saturated carbocycles. The Hall–Kier alpha value is -1.79. The van der Waals surface area contributed by atoms with Crippen LogP contribution in [-0.2, 0) is 9.59 Å². The molecule has 0 radical (unpaired) electrons. The average molecular weight is 259 g/mol. The molecule has 0 aliphatic carbocycles. The summed E-state index contributed by atoms with van der Waals surface area (Å²) in [5, 5.41) is 16.1. The lowest BCUT2D eigenvalue weighted by Gasteiger charge is -2.09. The van der Waals surface area contributed by atoms with Crippen LogP contribution in [0.15, 0.2) is 0 Å². The Morgan fingerprint density at radius 3 is 2.22 bits per heavy atom. The molecule has 0 saturated heterocycles. The van der Waals surface area contributed by atoms with E-state index in [9.17, 15) is 14.4 Å². The zero-order valence-corrected chi connectivity index (χ0v) is 10.8. The van der Waals surface area contributed by atoms with Crippen molar-refractivity contribution in [2.75, 3.05) is 13.1 Å². The number of hydrogen-bond acceptors (Lipinski definition) is 3. The normalized spacial score (nSPS) is 9.94. The summed E-state index contributed by atoms with van der Waals surface area (Å²) in [6, 6.07) is -0.305. The first-order valence-corrected chi connectivity index (χ1v) is 5.94. The van der Waals surface area contributed by atoms with Crippen molar-refractivity contribution in [3.63, 3.8) is 0 Å². The van der Waals surface area contributed by atoms with Crippen LogP contribution >= 0.6 is 0 Å². The van der Waals surface area contributed by atoms with Crippen LogP contribution in [0.5, 0.6) is 0 Å². The van der Waals surface area contributed by atoms with E-state index in [4.69, 9.17) is 5.11 Å². The summed E-state index contributed by atoms with van der Waals surface area (Å²) in [6.45, 7) is 4.28. The second-order valence-corrected chi connectivity index (χ2v) is 4.15. The predicted molar refractivity (Wildman–Crippen MR) is 66.2 cm³/mol. The number of amides is 3. The number of rotatable bonds is 8. The van der Waals surface area contributed by atoms with Gasteiger partial charge in [-0.2, -0.15) is 0 Å². The highest BCUT2D eigenvalue weighted by Crippen LogP contribution is 1.86. The summed E-state index contributed by atoms with van der Waals surface area (Å²) in [5.41, 5.74) is 0. The summed E-state index contributed by atoms with van der Waals surface area (Å²) >= 11 is 0. The summed E-state index contributed by atoms with van der Waals surface area (Å²) in [6.07, 6.45) is 0.633. The van der Waals surface area contributed by atoms with Crippen molar-refractivity contribution in [3.05, 3.63) is 0 Å². The highest BCUT2D eigenvalue weighted by molar-refractivity contribution is 5.78. The predicted octanol–water partition coefficient (Wildman–Crippen LogP) is 0.0651. The second kappa shape index (κ2) is 9.26. The van der Waals surface area contributed by atoms with E-state index >= 15 is 0 Å². The van der Waals surface area contributed by atoms with Gasteiger partial charge >= 0.3 is 12.0 Å². The molecule has 104 valence electrons. The molecule has 18 heavy (non-hydrogen) atoms. The molecule has 0 aliphatic heterocycles. The molecule has 0 aliphatic rings. The van der Waals surface area contributed by atoms with Gasteiger partial charge in [0.25, 0.3) is 0 Å². The van der Waals surface area contributed by atoms with Gasteiger partial charge in [-0.3, -0.25) is 9.59 Å². The minimum absolute atomic E-state index is 0.0249. The third kappa shape index (κ3) is 10.7. The topological polar surface area (TPSA) is 108 Å². The standard InChI is InChI=1S/C11H21N3O4/c1-8(2)14-9(15)5-7-13-11(18)12-6-3-4-10(16)17/h8H,3-7H2,1-2H3,(H,14,15)(H,16,17)(H2,12,13,18). The SMILES string of the molecule is CC(C)NC(=O)CCNC(=O)NCCCC(=O)O. The number of nitrogens with one attached hydrogen (secondary N) is 3. The first-order valence-electron chi connectivity index (χ1n) is 5.94. The number of carbonyl (C=O) groups is 3. The largest absolute Gasteiger partial charge is 0.481 e. The van der Waals surface area contributed by atoms with Crippen molar-refractivity contribution in [2.24, 2.45) is 0 Å². The van der Waals surface area contributed by atoms with Gasteiger partial charge in [0, 0.05) is 32.0 Å². The Labute approximate surface area is 106 Å². The van der Waals surface area contributed by atoms with Crippen LogP contribution in [0.2, 0.25) is 0 Å².